The van der Waals surface area contributed by atoms with E-state index in [1.54, 1.807) is 6.92 Å². The Hall–Kier alpha value is -1.30. The second kappa shape index (κ2) is 4.91. The SMILES string of the molecule is CC1C(=O)N(C2CCNCC2)CCN1C([NH])=O. The van der Waals surface area contributed by atoms with E-state index in [0.717, 1.165) is 25.9 Å². The molecule has 2 fully saturated rings. The smallest absolute Gasteiger partial charge is 0.336 e. The predicted molar refractivity (Wildman–Crippen MR) is 62.3 cm³/mol. The minimum atomic E-state index is -0.754. The fraction of sp³-hybridized carbons (Fsp3) is 0.818. The van der Waals surface area contributed by atoms with E-state index in [0.29, 0.717) is 19.1 Å². The number of piperazine rings is 1. The van der Waals surface area contributed by atoms with Gasteiger partial charge in [0.25, 0.3) is 0 Å². The number of hydrogen-bond acceptors (Lipinski definition) is 3. The quantitative estimate of drug-likeness (QED) is 0.681. The van der Waals surface area contributed by atoms with Crippen LogP contribution in [0.1, 0.15) is 19.8 Å². The van der Waals surface area contributed by atoms with Gasteiger partial charge in [-0.15, -0.1) is 0 Å². The average molecular weight is 239 g/mol. The number of nitrogens with zero attached hydrogens (tertiary/aromatic N) is 2. The van der Waals surface area contributed by atoms with Gasteiger partial charge in [-0.05, 0) is 32.9 Å². The highest BCUT2D eigenvalue weighted by Gasteiger charge is 2.37. The van der Waals surface area contributed by atoms with Crippen LogP contribution in [0.3, 0.4) is 0 Å². The topological polar surface area (TPSA) is 76.5 Å². The maximum atomic E-state index is 12.2. The summed E-state index contributed by atoms with van der Waals surface area (Å²) < 4.78 is 0. The van der Waals surface area contributed by atoms with Crippen molar-refractivity contribution in [3.8, 4) is 0 Å². The summed E-state index contributed by atoms with van der Waals surface area (Å²) in [6, 6.07) is -0.936. The van der Waals surface area contributed by atoms with Gasteiger partial charge in [0.2, 0.25) is 5.91 Å². The first-order chi connectivity index (χ1) is 8.11. The zero-order valence-corrected chi connectivity index (χ0v) is 10.1. The molecule has 6 heteroatoms. The van der Waals surface area contributed by atoms with Crippen molar-refractivity contribution < 1.29 is 9.59 Å². The van der Waals surface area contributed by atoms with Gasteiger partial charge in [-0.25, -0.2) is 10.5 Å². The van der Waals surface area contributed by atoms with Gasteiger partial charge in [0, 0.05) is 19.1 Å². The lowest BCUT2D eigenvalue weighted by atomic mass is 10.0. The molecule has 0 aromatic carbocycles. The van der Waals surface area contributed by atoms with E-state index in [-0.39, 0.29) is 5.91 Å². The van der Waals surface area contributed by atoms with Crippen LogP contribution in [0.4, 0.5) is 4.79 Å². The van der Waals surface area contributed by atoms with Crippen molar-refractivity contribution in [2.75, 3.05) is 26.2 Å². The summed E-state index contributed by atoms with van der Waals surface area (Å²) in [5, 5.41) is 3.27. The number of carbonyl (C=O) groups excluding carboxylic acids is 2. The summed E-state index contributed by atoms with van der Waals surface area (Å²) in [4.78, 5) is 26.4. The molecular formula is C11H19N4O2. The third kappa shape index (κ3) is 2.36. The van der Waals surface area contributed by atoms with Gasteiger partial charge in [0.1, 0.15) is 6.04 Å². The minimum absolute atomic E-state index is 0.0104. The summed E-state index contributed by atoms with van der Waals surface area (Å²) in [6.45, 7) is 4.66. The average Bonchev–Trinajstić information content (AvgIpc) is 2.33. The maximum absolute atomic E-state index is 12.2. The highest BCUT2D eigenvalue weighted by molar-refractivity contribution is 5.87. The third-order valence-corrected chi connectivity index (χ3v) is 3.70. The van der Waals surface area contributed by atoms with E-state index in [4.69, 9.17) is 5.73 Å². The molecule has 2 aliphatic heterocycles. The van der Waals surface area contributed by atoms with Crippen LogP contribution in [-0.2, 0) is 4.79 Å². The van der Waals surface area contributed by atoms with Crippen LogP contribution in [0, 0.1) is 0 Å². The highest BCUT2D eigenvalue weighted by atomic mass is 16.2. The first-order valence-electron chi connectivity index (χ1n) is 6.14. The van der Waals surface area contributed by atoms with E-state index >= 15 is 0 Å². The Labute approximate surface area is 101 Å². The standard InChI is InChI=1S/C11H19N4O2/c1-8-10(16)15(7-6-14(8)11(12)17)9-2-4-13-5-3-9/h8-9,12-13H,2-7H2,1H3. The Bertz CT molecular complexity index is 315. The van der Waals surface area contributed by atoms with Gasteiger partial charge < -0.3 is 15.1 Å². The van der Waals surface area contributed by atoms with E-state index in [9.17, 15) is 9.59 Å². The molecule has 2 N–H and O–H groups in total. The van der Waals surface area contributed by atoms with E-state index in [1.165, 1.54) is 4.90 Å². The molecule has 3 amide bonds. The molecule has 0 aromatic rings. The second-order valence-corrected chi connectivity index (χ2v) is 4.69. The van der Waals surface area contributed by atoms with Crippen molar-refractivity contribution in [2.45, 2.75) is 31.8 Å². The largest absolute Gasteiger partial charge is 0.336 e. The van der Waals surface area contributed by atoms with Gasteiger partial charge in [0.05, 0.1) is 0 Å². The summed E-state index contributed by atoms with van der Waals surface area (Å²) in [5.41, 5.74) is 7.11. The zero-order valence-electron chi connectivity index (χ0n) is 10.1. The number of amides is 3. The highest BCUT2D eigenvalue weighted by Crippen LogP contribution is 2.18. The molecule has 0 spiro atoms. The van der Waals surface area contributed by atoms with Crippen LogP contribution < -0.4 is 11.1 Å². The predicted octanol–water partition coefficient (Wildman–Crippen LogP) is -0.326. The number of carbonyl (C=O) groups is 2. The Kier molecular flexibility index (Phi) is 3.51. The Morgan fingerprint density at radius 2 is 2.00 bits per heavy atom. The van der Waals surface area contributed by atoms with Crippen molar-refractivity contribution in [3.05, 3.63) is 0 Å². The fourth-order valence-electron chi connectivity index (χ4n) is 2.65. The summed E-state index contributed by atoms with van der Waals surface area (Å²) in [6.07, 6.45) is 1.96. The van der Waals surface area contributed by atoms with Crippen molar-refractivity contribution >= 4 is 11.9 Å². The molecule has 0 bridgehead atoms. The molecule has 6 nitrogen and oxygen atoms in total. The molecule has 1 radical (unpaired) electrons. The van der Waals surface area contributed by atoms with E-state index in [1.807, 2.05) is 4.90 Å². The molecule has 0 aromatic heterocycles. The van der Waals surface area contributed by atoms with Gasteiger partial charge in [-0.1, -0.05) is 0 Å². The van der Waals surface area contributed by atoms with Crippen LogP contribution in [0.2, 0.25) is 0 Å². The van der Waals surface area contributed by atoms with Gasteiger partial charge in [-0.2, -0.15) is 0 Å². The maximum Gasteiger partial charge on any atom is 0.336 e. The van der Waals surface area contributed by atoms with Crippen LogP contribution in [0.5, 0.6) is 0 Å². The van der Waals surface area contributed by atoms with Crippen LogP contribution in [0.15, 0.2) is 0 Å². The Morgan fingerprint density at radius 3 is 2.59 bits per heavy atom. The second-order valence-electron chi connectivity index (χ2n) is 4.69. The lowest BCUT2D eigenvalue weighted by molar-refractivity contribution is -0.142. The normalized spacial score (nSPS) is 27.4. The summed E-state index contributed by atoms with van der Waals surface area (Å²) >= 11 is 0. The lowest BCUT2D eigenvalue weighted by Gasteiger charge is -2.43. The van der Waals surface area contributed by atoms with Crippen molar-refractivity contribution in [1.82, 2.24) is 20.9 Å². The molecule has 2 saturated heterocycles. The molecule has 2 rings (SSSR count). The molecule has 0 saturated carbocycles. The van der Waals surface area contributed by atoms with Crippen molar-refractivity contribution in [2.24, 2.45) is 0 Å². The van der Waals surface area contributed by atoms with Gasteiger partial charge in [-0.3, -0.25) is 4.79 Å². The molecule has 0 aliphatic carbocycles. The molecule has 95 valence electrons. The number of urea groups is 1. The Morgan fingerprint density at radius 1 is 1.35 bits per heavy atom. The zero-order chi connectivity index (χ0) is 12.4. The van der Waals surface area contributed by atoms with Crippen LogP contribution in [-0.4, -0.2) is 60.0 Å². The van der Waals surface area contributed by atoms with Crippen LogP contribution >= 0.6 is 0 Å². The molecule has 2 aliphatic rings. The number of nitrogens with one attached hydrogen (secondary N) is 2. The fourth-order valence-corrected chi connectivity index (χ4v) is 2.65. The number of hydrogen-bond donors (Lipinski definition) is 1. The third-order valence-electron chi connectivity index (χ3n) is 3.70. The van der Waals surface area contributed by atoms with Crippen molar-refractivity contribution in [1.29, 1.82) is 0 Å². The van der Waals surface area contributed by atoms with Crippen LogP contribution in [0.25, 0.3) is 0 Å². The summed E-state index contributed by atoms with van der Waals surface area (Å²) in [5.74, 6) is -0.0104. The molecular weight excluding hydrogens is 220 g/mol. The van der Waals surface area contributed by atoms with Crippen molar-refractivity contribution in [3.63, 3.8) is 0 Å². The van der Waals surface area contributed by atoms with Gasteiger partial charge in [0.15, 0.2) is 0 Å². The summed E-state index contributed by atoms with van der Waals surface area (Å²) in [7, 11) is 0. The molecule has 2 heterocycles. The molecule has 17 heavy (non-hydrogen) atoms. The monoisotopic (exact) mass is 239 g/mol. The minimum Gasteiger partial charge on any atom is -0.336 e. The lowest BCUT2D eigenvalue weighted by Crippen LogP contribution is -2.61. The first kappa shape index (κ1) is 12.2. The number of piperidine rings is 1. The number of rotatable bonds is 1. The van der Waals surface area contributed by atoms with Gasteiger partial charge >= 0.3 is 6.03 Å². The molecule has 1 atom stereocenters. The Balaban J connectivity index is 2.02. The van der Waals surface area contributed by atoms with E-state index in [2.05, 4.69) is 5.32 Å². The van der Waals surface area contributed by atoms with E-state index < -0.39 is 12.1 Å². The first-order valence-corrected chi connectivity index (χ1v) is 6.14. The molecule has 1 unspecified atom stereocenters.